The van der Waals surface area contributed by atoms with Crippen molar-refractivity contribution in [3.05, 3.63) is 59.7 Å². The average Bonchev–Trinajstić information content (AvgIpc) is 2.61. The molecule has 2 rings (SSSR count). The van der Waals surface area contributed by atoms with Crippen molar-refractivity contribution in [1.82, 2.24) is 4.72 Å². The first kappa shape index (κ1) is 18.5. The number of ether oxygens (including phenoxy) is 1. The third-order valence-electron chi connectivity index (χ3n) is 3.95. The summed E-state index contributed by atoms with van der Waals surface area (Å²) in [5.41, 5.74) is 1.98. The predicted octanol–water partition coefficient (Wildman–Crippen LogP) is 3.91. The van der Waals surface area contributed by atoms with E-state index in [1.165, 1.54) is 18.4 Å². The van der Waals surface area contributed by atoms with Gasteiger partial charge in [0.15, 0.2) is 0 Å². The van der Waals surface area contributed by atoms with E-state index in [9.17, 15) is 8.42 Å². The van der Waals surface area contributed by atoms with Crippen molar-refractivity contribution in [2.24, 2.45) is 0 Å². The molecule has 0 aliphatic heterocycles. The maximum absolute atomic E-state index is 12.4. The number of unbranched alkanes of at least 4 members (excludes halogenated alkanes) is 2. The Kier molecular flexibility index (Phi) is 6.82. The van der Waals surface area contributed by atoms with Crippen LogP contribution in [0, 0.1) is 0 Å². The summed E-state index contributed by atoms with van der Waals surface area (Å²) in [6.07, 6.45) is 4.50. The summed E-state index contributed by atoms with van der Waals surface area (Å²) in [6, 6.07) is 14.5. The van der Waals surface area contributed by atoms with Gasteiger partial charge in [-0.2, -0.15) is 0 Å². The number of hydrogen-bond donors (Lipinski definition) is 1. The molecule has 0 unspecified atom stereocenters. The minimum Gasteiger partial charge on any atom is -0.496 e. The summed E-state index contributed by atoms with van der Waals surface area (Å²) >= 11 is 0. The molecule has 2 aromatic carbocycles. The molecule has 2 aromatic rings. The average molecular weight is 347 g/mol. The Balaban J connectivity index is 2.02. The maximum Gasteiger partial charge on any atom is 0.240 e. The number of rotatable bonds is 9. The normalized spacial score (nSPS) is 11.4. The summed E-state index contributed by atoms with van der Waals surface area (Å²) in [4.78, 5) is 0.289. The van der Waals surface area contributed by atoms with Crippen LogP contribution in [0.1, 0.15) is 37.3 Å². The second-order valence-electron chi connectivity index (χ2n) is 5.74. The van der Waals surface area contributed by atoms with E-state index in [-0.39, 0.29) is 11.4 Å². The van der Waals surface area contributed by atoms with Gasteiger partial charge in [-0.3, -0.25) is 0 Å². The molecule has 5 heteroatoms. The quantitative estimate of drug-likeness (QED) is 0.700. The van der Waals surface area contributed by atoms with Gasteiger partial charge in [-0.25, -0.2) is 13.1 Å². The molecule has 0 bridgehead atoms. The lowest BCUT2D eigenvalue weighted by Gasteiger charge is -2.10. The topological polar surface area (TPSA) is 55.4 Å². The number of para-hydroxylation sites is 1. The Morgan fingerprint density at radius 2 is 1.71 bits per heavy atom. The first-order chi connectivity index (χ1) is 11.6. The van der Waals surface area contributed by atoms with Crippen molar-refractivity contribution in [1.29, 1.82) is 0 Å². The van der Waals surface area contributed by atoms with Gasteiger partial charge in [0, 0.05) is 12.1 Å². The second-order valence-corrected chi connectivity index (χ2v) is 7.50. The van der Waals surface area contributed by atoms with Crippen LogP contribution in [0.4, 0.5) is 0 Å². The van der Waals surface area contributed by atoms with E-state index in [0.29, 0.717) is 5.75 Å². The lowest BCUT2D eigenvalue weighted by atomic mass is 10.1. The first-order valence-electron chi connectivity index (χ1n) is 8.27. The van der Waals surface area contributed by atoms with Gasteiger partial charge in [0.2, 0.25) is 10.0 Å². The Labute approximate surface area is 144 Å². The largest absolute Gasteiger partial charge is 0.496 e. The van der Waals surface area contributed by atoms with Crippen molar-refractivity contribution in [2.45, 2.75) is 44.0 Å². The number of benzene rings is 2. The van der Waals surface area contributed by atoms with Gasteiger partial charge in [0.05, 0.1) is 12.0 Å². The van der Waals surface area contributed by atoms with Crippen molar-refractivity contribution in [3.8, 4) is 5.75 Å². The third-order valence-corrected chi connectivity index (χ3v) is 5.36. The molecular formula is C19H25NO3S. The van der Waals surface area contributed by atoms with Gasteiger partial charge < -0.3 is 4.74 Å². The van der Waals surface area contributed by atoms with Crippen LogP contribution in [0.15, 0.2) is 53.4 Å². The van der Waals surface area contributed by atoms with Crippen LogP contribution < -0.4 is 9.46 Å². The third kappa shape index (κ3) is 5.08. The van der Waals surface area contributed by atoms with Gasteiger partial charge in [-0.05, 0) is 36.6 Å². The van der Waals surface area contributed by atoms with Gasteiger partial charge in [-0.15, -0.1) is 0 Å². The molecule has 0 aliphatic rings. The summed E-state index contributed by atoms with van der Waals surface area (Å²) in [5.74, 6) is 0.673. The van der Waals surface area contributed by atoms with Gasteiger partial charge in [0.25, 0.3) is 0 Å². The zero-order chi connectivity index (χ0) is 17.4. The van der Waals surface area contributed by atoms with Crippen molar-refractivity contribution in [3.63, 3.8) is 0 Å². The number of hydrogen-bond acceptors (Lipinski definition) is 3. The molecule has 0 fully saturated rings. The van der Waals surface area contributed by atoms with E-state index in [2.05, 4.69) is 11.6 Å². The highest BCUT2D eigenvalue weighted by Gasteiger charge is 2.14. The molecule has 130 valence electrons. The summed E-state index contributed by atoms with van der Waals surface area (Å²) in [6.45, 7) is 2.37. The molecule has 0 amide bonds. The lowest BCUT2D eigenvalue weighted by Crippen LogP contribution is -2.23. The second kappa shape index (κ2) is 8.85. The zero-order valence-corrected chi connectivity index (χ0v) is 15.1. The van der Waals surface area contributed by atoms with E-state index in [1.807, 2.05) is 36.4 Å². The molecule has 0 radical (unpaired) electrons. The van der Waals surface area contributed by atoms with Crippen molar-refractivity contribution < 1.29 is 13.2 Å². The zero-order valence-electron chi connectivity index (χ0n) is 14.3. The Bertz CT molecular complexity index is 739. The van der Waals surface area contributed by atoms with E-state index in [4.69, 9.17) is 4.74 Å². The van der Waals surface area contributed by atoms with E-state index in [1.54, 1.807) is 19.2 Å². The van der Waals surface area contributed by atoms with Crippen LogP contribution in [0.25, 0.3) is 0 Å². The minimum atomic E-state index is -3.53. The molecule has 24 heavy (non-hydrogen) atoms. The number of sulfonamides is 1. The Morgan fingerprint density at radius 3 is 2.38 bits per heavy atom. The fourth-order valence-electron chi connectivity index (χ4n) is 2.52. The smallest absolute Gasteiger partial charge is 0.240 e. The highest BCUT2D eigenvalue weighted by atomic mass is 32.2. The molecule has 1 N–H and O–H groups in total. The Hall–Kier alpha value is -1.85. The minimum absolute atomic E-state index is 0.199. The molecule has 0 aliphatic carbocycles. The SMILES string of the molecule is CCCCCc1ccc(S(=O)(=O)NCc2ccccc2OC)cc1. The lowest BCUT2D eigenvalue weighted by molar-refractivity contribution is 0.409. The van der Waals surface area contributed by atoms with E-state index in [0.717, 1.165) is 18.4 Å². The maximum atomic E-state index is 12.4. The molecule has 4 nitrogen and oxygen atoms in total. The molecular weight excluding hydrogens is 322 g/mol. The van der Waals surface area contributed by atoms with Crippen LogP contribution in [0.2, 0.25) is 0 Å². The Morgan fingerprint density at radius 1 is 1.00 bits per heavy atom. The number of aryl methyl sites for hydroxylation is 1. The standard InChI is InChI=1S/C19H25NO3S/c1-3-4-5-8-16-11-13-18(14-12-16)24(21,22)20-15-17-9-6-7-10-19(17)23-2/h6-7,9-14,20H,3-5,8,15H2,1-2H3. The van der Waals surface area contributed by atoms with Crippen LogP contribution in [0.5, 0.6) is 5.75 Å². The molecule has 0 saturated heterocycles. The van der Waals surface area contributed by atoms with Crippen LogP contribution in [0.3, 0.4) is 0 Å². The molecule has 0 heterocycles. The number of nitrogens with one attached hydrogen (secondary N) is 1. The van der Waals surface area contributed by atoms with Gasteiger partial charge in [-0.1, -0.05) is 50.1 Å². The fourth-order valence-corrected chi connectivity index (χ4v) is 3.53. The van der Waals surface area contributed by atoms with Crippen LogP contribution in [-0.4, -0.2) is 15.5 Å². The molecule has 0 aromatic heterocycles. The van der Waals surface area contributed by atoms with Crippen LogP contribution in [-0.2, 0) is 23.0 Å². The van der Waals surface area contributed by atoms with Gasteiger partial charge in [0.1, 0.15) is 5.75 Å². The van der Waals surface area contributed by atoms with E-state index >= 15 is 0 Å². The summed E-state index contributed by atoms with van der Waals surface area (Å²) in [7, 11) is -1.96. The highest BCUT2D eigenvalue weighted by Crippen LogP contribution is 2.18. The predicted molar refractivity (Wildman–Crippen MR) is 96.7 cm³/mol. The van der Waals surface area contributed by atoms with Crippen LogP contribution >= 0.6 is 0 Å². The van der Waals surface area contributed by atoms with Crippen molar-refractivity contribution >= 4 is 10.0 Å². The van der Waals surface area contributed by atoms with Gasteiger partial charge >= 0.3 is 0 Å². The van der Waals surface area contributed by atoms with Crippen molar-refractivity contribution in [2.75, 3.05) is 7.11 Å². The molecule has 0 spiro atoms. The molecule has 0 atom stereocenters. The first-order valence-corrected chi connectivity index (χ1v) is 9.75. The number of methoxy groups -OCH3 is 1. The monoisotopic (exact) mass is 347 g/mol. The summed E-state index contributed by atoms with van der Waals surface area (Å²) < 4.78 is 32.7. The molecule has 0 saturated carbocycles. The highest BCUT2D eigenvalue weighted by molar-refractivity contribution is 7.89. The fraction of sp³-hybridized carbons (Fsp3) is 0.368. The summed E-state index contributed by atoms with van der Waals surface area (Å²) in [5, 5.41) is 0. The van der Waals surface area contributed by atoms with E-state index < -0.39 is 10.0 Å².